The average Bonchev–Trinajstić information content (AvgIpc) is 3.20. The van der Waals surface area contributed by atoms with Gasteiger partial charge in [0.1, 0.15) is 16.2 Å². The molecule has 8 heteroatoms. The molecule has 0 saturated carbocycles. The Morgan fingerprint density at radius 3 is 3.07 bits per heavy atom. The third-order valence-corrected chi connectivity index (χ3v) is 6.42. The van der Waals surface area contributed by atoms with Crippen LogP contribution in [0.4, 0.5) is 0 Å². The minimum absolute atomic E-state index is 0.0154. The number of ether oxygens (including phenoxy) is 1. The van der Waals surface area contributed by atoms with E-state index in [0.29, 0.717) is 0 Å². The first kappa shape index (κ1) is 18.9. The number of fused-ring (bicyclic) bond motifs is 2. The fraction of sp³-hybridized carbons (Fsp3) is 0.300. The van der Waals surface area contributed by atoms with Gasteiger partial charge >= 0.3 is 5.97 Å². The first-order chi connectivity index (χ1) is 13.7. The summed E-state index contributed by atoms with van der Waals surface area (Å²) in [5.41, 5.74) is 2.43. The second kappa shape index (κ2) is 8.70. The summed E-state index contributed by atoms with van der Waals surface area (Å²) in [5.74, 6) is -0.616. The third kappa shape index (κ3) is 4.34. The molecule has 1 atom stereocenters. The molecule has 2 aromatic heterocycles. The molecule has 1 amide bonds. The lowest BCUT2D eigenvalue weighted by atomic mass is 9.88. The maximum Gasteiger partial charge on any atom is 0.316 e. The number of thiophene rings is 1. The second-order valence-corrected chi connectivity index (χ2v) is 8.34. The van der Waals surface area contributed by atoms with Gasteiger partial charge in [0.15, 0.2) is 6.61 Å². The van der Waals surface area contributed by atoms with Crippen molar-refractivity contribution in [2.45, 2.75) is 30.3 Å². The average molecular weight is 414 g/mol. The number of nitrogens with one attached hydrogen (secondary N) is 1. The third-order valence-electron chi connectivity index (χ3n) is 4.62. The molecule has 0 aliphatic heterocycles. The van der Waals surface area contributed by atoms with E-state index < -0.39 is 5.97 Å². The Bertz CT molecular complexity index is 1010. The summed E-state index contributed by atoms with van der Waals surface area (Å²) >= 11 is 2.82. The molecule has 3 aromatic rings. The Morgan fingerprint density at radius 2 is 2.14 bits per heavy atom. The van der Waals surface area contributed by atoms with E-state index in [0.717, 1.165) is 40.1 Å². The monoisotopic (exact) mass is 413 g/mol. The van der Waals surface area contributed by atoms with Gasteiger partial charge in [0.25, 0.3) is 5.91 Å². The van der Waals surface area contributed by atoms with Gasteiger partial charge in [-0.25, -0.2) is 9.97 Å². The minimum atomic E-state index is -0.439. The van der Waals surface area contributed by atoms with E-state index >= 15 is 0 Å². The van der Waals surface area contributed by atoms with Crippen LogP contribution in [-0.2, 0) is 20.7 Å². The van der Waals surface area contributed by atoms with Crippen LogP contribution in [0, 0.1) is 0 Å². The molecule has 0 fully saturated rings. The molecular weight excluding hydrogens is 394 g/mol. The predicted octanol–water partition coefficient (Wildman–Crippen LogP) is 3.52. The molecular formula is C20H19N3O3S2. The van der Waals surface area contributed by atoms with Gasteiger partial charge in [-0.15, -0.1) is 11.3 Å². The Labute approximate surface area is 170 Å². The van der Waals surface area contributed by atoms with Crippen LogP contribution < -0.4 is 5.32 Å². The number of aromatic nitrogens is 2. The molecule has 4 rings (SSSR count). The van der Waals surface area contributed by atoms with Crippen molar-refractivity contribution in [3.63, 3.8) is 0 Å². The van der Waals surface area contributed by atoms with Gasteiger partial charge in [0.2, 0.25) is 0 Å². The molecule has 1 N–H and O–H groups in total. The van der Waals surface area contributed by atoms with Gasteiger partial charge in [0.05, 0.1) is 11.8 Å². The first-order valence-corrected chi connectivity index (χ1v) is 10.9. The van der Waals surface area contributed by atoms with Gasteiger partial charge < -0.3 is 10.1 Å². The summed E-state index contributed by atoms with van der Waals surface area (Å²) in [6.07, 6.45) is 4.46. The summed E-state index contributed by atoms with van der Waals surface area (Å²) < 4.78 is 5.14. The number of esters is 1. The predicted molar refractivity (Wildman–Crippen MR) is 109 cm³/mol. The highest BCUT2D eigenvalue weighted by Gasteiger charge is 2.21. The largest absolute Gasteiger partial charge is 0.455 e. The van der Waals surface area contributed by atoms with Gasteiger partial charge in [-0.1, -0.05) is 36.0 Å². The molecule has 6 nitrogen and oxygen atoms in total. The Balaban J connectivity index is 1.26. The van der Waals surface area contributed by atoms with Crippen LogP contribution in [-0.4, -0.2) is 34.2 Å². The van der Waals surface area contributed by atoms with E-state index in [-0.39, 0.29) is 24.3 Å². The van der Waals surface area contributed by atoms with Crippen molar-refractivity contribution in [2.24, 2.45) is 0 Å². The van der Waals surface area contributed by atoms with Gasteiger partial charge in [-0.05, 0) is 41.8 Å². The number of amides is 1. The van der Waals surface area contributed by atoms with Crippen molar-refractivity contribution >= 4 is 45.2 Å². The van der Waals surface area contributed by atoms with E-state index in [1.165, 1.54) is 35.0 Å². The second-order valence-electron chi connectivity index (χ2n) is 6.48. The fourth-order valence-corrected chi connectivity index (χ4v) is 4.91. The maximum absolute atomic E-state index is 12.2. The van der Waals surface area contributed by atoms with Crippen molar-refractivity contribution in [3.05, 3.63) is 53.2 Å². The molecule has 0 saturated heterocycles. The Hall–Kier alpha value is -2.45. The first-order valence-electron chi connectivity index (χ1n) is 9.04. The van der Waals surface area contributed by atoms with Gasteiger partial charge in [-0.2, -0.15) is 0 Å². The fourth-order valence-electron chi connectivity index (χ4n) is 3.34. The lowest BCUT2D eigenvalue weighted by Crippen LogP contribution is -2.34. The number of benzene rings is 1. The minimum Gasteiger partial charge on any atom is -0.455 e. The van der Waals surface area contributed by atoms with Crippen LogP contribution in [0.25, 0.3) is 10.2 Å². The maximum atomic E-state index is 12.2. The molecule has 1 aromatic carbocycles. The summed E-state index contributed by atoms with van der Waals surface area (Å²) in [5, 5.41) is 6.59. The van der Waals surface area contributed by atoms with Crippen LogP contribution in [0.5, 0.6) is 0 Å². The molecule has 0 radical (unpaired) electrons. The van der Waals surface area contributed by atoms with Gasteiger partial charge in [0, 0.05) is 5.39 Å². The van der Waals surface area contributed by atoms with Crippen molar-refractivity contribution in [2.75, 3.05) is 12.4 Å². The highest BCUT2D eigenvalue weighted by molar-refractivity contribution is 8.00. The normalized spacial score (nSPS) is 15.8. The number of rotatable bonds is 6. The van der Waals surface area contributed by atoms with Crippen LogP contribution in [0.2, 0.25) is 0 Å². The summed E-state index contributed by atoms with van der Waals surface area (Å²) in [6, 6.07) is 10.1. The van der Waals surface area contributed by atoms with Crippen molar-refractivity contribution < 1.29 is 14.3 Å². The van der Waals surface area contributed by atoms with E-state index in [9.17, 15) is 9.59 Å². The standard InChI is InChI=1S/C20H19N3O3S2/c24-17(23-16-7-3-5-13-4-1-2-6-14(13)16)10-26-18(25)11-28-20-15-8-9-27-19(15)21-12-22-20/h1-2,4,6,8-9,12,16H,3,5,7,10-11H2,(H,23,24)/t16-/m1/s1. The molecule has 2 heterocycles. The molecule has 1 aliphatic carbocycles. The smallest absolute Gasteiger partial charge is 0.316 e. The van der Waals surface area contributed by atoms with Gasteiger partial charge in [-0.3, -0.25) is 9.59 Å². The number of nitrogens with zero attached hydrogens (tertiary/aromatic N) is 2. The lowest BCUT2D eigenvalue weighted by molar-refractivity contribution is -0.146. The summed E-state index contributed by atoms with van der Waals surface area (Å²) in [6.45, 7) is -0.268. The van der Waals surface area contributed by atoms with E-state index in [1.807, 2.05) is 23.6 Å². The van der Waals surface area contributed by atoms with E-state index in [2.05, 4.69) is 27.4 Å². The molecule has 1 aliphatic rings. The van der Waals surface area contributed by atoms with Crippen molar-refractivity contribution in [1.82, 2.24) is 15.3 Å². The summed E-state index contributed by atoms with van der Waals surface area (Å²) in [7, 11) is 0. The zero-order valence-corrected chi connectivity index (χ0v) is 16.7. The topological polar surface area (TPSA) is 81.2 Å². The highest BCUT2D eigenvalue weighted by Crippen LogP contribution is 2.29. The van der Waals surface area contributed by atoms with Crippen molar-refractivity contribution in [3.8, 4) is 0 Å². The molecule has 28 heavy (non-hydrogen) atoms. The molecule has 0 bridgehead atoms. The van der Waals surface area contributed by atoms with Crippen molar-refractivity contribution in [1.29, 1.82) is 0 Å². The molecule has 0 spiro atoms. The number of carbonyl (C=O) groups excluding carboxylic acids is 2. The number of thioether (sulfide) groups is 1. The van der Waals surface area contributed by atoms with Crippen LogP contribution >= 0.6 is 23.1 Å². The SMILES string of the molecule is O=C(COC(=O)CSc1ncnc2sccc12)N[C@@H]1CCCc2ccccc21. The Kier molecular flexibility index (Phi) is 5.87. The molecule has 0 unspecified atom stereocenters. The quantitative estimate of drug-likeness (QED) is 0.378. The van der Waals surface area contributed by atoms with Crippen LogP contribution in [0.3, 0.4) is 0 Å². The zero-order valence-electron chi connectivity index (χ0n) is 15.1. The lowest BCUT2D eigenvalue weighted by Gasteiger charge is -2.26. The number of aryl methyl sites for hydroxylation is 1. The number of hydrogen-bond acceptors (Lipinski definition) is 7. The summed E-state index contributed by atoms with van der Waals surface area (Å²) in [4.78, 5) is 33.5. The highest BCUT2D eigenvalue weighted by atomic mass is 32.2. The number of carbonyl (C=O) groups is 2. The van der Waals surface area contributed by atoms with Crippen LogP contribution in [0.15, 0.2) is 47.1 Å². The van der Waals surface area contributed by atoms with E-state index in [4.69, 9.17) is 4.74 Å². The molecule has 144 valence electrons. The van der Waals surface area contributed by atoms with Crippen LogP contribution in [0.1, 0.15) is 30.0 Å². The number of hydrogen-bond donors (Lipinski definition) is 1. The Morgan fingerprint density at radius 1 is 1.25 bits per heavy atom. The zero-order chi connectivity index (χ0) is 19.3. The van der Waals surface area contributed by atoms with E-state index in [1.54, 1.807) is 0 Å².